The van der Waals surface area contributed by atoms with Crippen LogP contribution in [-0.4, -0.2) is 14.8 Å². The second kappa shape index (κ2) is 5.10. The van der Waals surface area contributed by atoms with Gasteiger partial charge in [-0.05, 0) is 26.0 Å². The van der Waals surface area contributed by atoms with Gasteiger partial charge < -0.3 is 5.32 Å². The van der Waals surface area contributed by atoms with E-state index in [0.717, 1.165) is 5.69 Å². The van der Waals surface area contributed by atoms with Crippen LogP contribution in [0.1, 0.15) is 37.2 Å². The van der Waals surface area contributed by atoms with Crippen molar-refractivity contribution in [2.45, 2.75) is 25.9 Å². The lowest BCUT2D eigenvalue weighted by atomic mass is 10.1. The van der Waals surface area contributed by atoms with Crippen molar-refractivity contribution >= 4 is 0 Å². The summed E-state index contributed by atoms with van der Waals surface area (Å²) >= 11 is 0. The highest BCUT2D eigenvalue weighted by Gasteiger charge is 2.12. The highest BCUT2D eigenvalue weighted by Crippen LogP contribution is 2.17. The SMILES string of the molecule is CC(NC(C)c1ccccn1)c1cnn(C)c1. The summed E-state index contributed by atoms with van der Waals surface area (Å²) in [6.07, 6.45) is 5.74. The molecular formula is C13H18N4. The van der Waals surface area contributed by atoms with Gasteiger partial charge in [0.05, 0.1) is 11.9 Å². The van der Waals surface area contributed by atoms with E-state index in [-0.39, 0.29) is 12.1 Å². The second-order valence-electron chi connectivity index (χ2n) is 4.31. The first-order valence-electron chi connectivity index (χ1n) is 5.82. The summed E-state index contributed by atoms with van der Waals surface area (Å²) in [5, 5.41) is 7.69. The standard InChI is InChI=1S/C13H18N4/c1-10(12-8-15-17(3)9-12)16-11(2)13-6-4-5-7-14-13/h4-11,16H,1-3H3. The molecule has 2 aromatic heterocycles. The zero-order valence-electron chi connectivity index (χ0n) is 10.5. The van der Waals surface area contributed by atoms with Crippen LogP contribution in [0.2, 0.25) is 0 Å². The minimum absolute atomic E-state index is 0.228. The maximum atomic E-state index is 4.35. The van der Waals surface area contributed by atoms with Crippen LogP contribution >= 0.6 is 0 Å². The van der Waals surface area contributed by atoms with E-state index < -0.39 is 0 Å². The van der Waals surface area contributed by atoms with Crippen LogP contribution in [0.5, 0.6) is 0 Å². The van der Waals surface area contributed by atoms with Gasteiger partial charge in [0, 0.05) is 37.1 Å². The highest BCUT2D eigenvalue weighted by atomic mass is 15.2. The van der Waals surface area contributed by atoms with Crippen molar-refractivity contribution in [1.29, 1.82) is 0 Å². The smallest absolute Gasteiger partial charge is 0.0570 e. The zero-order valence-corrected chi connectivity index (χ0v) is 10.5. The van der Waals surface area contributed by atoms with Crippen molar-refractivity contribution in [1.82, 2.24) is 20.1 Å². The molecule has 17 heavy (non-hydrogen) atoms. The molecule has 0 amide bonds. The van der Waals surface area contributed by atoms with E-state index in [1.54, 1.807) is 0 Å². The minimum Gasteiger partial charge on any atom is -0.302 e. The Morgan fingerprint density at radius 1 is 1.24 bits per heavy atom. The lowest BCUT2D eigenvalue weighted by Gasteiger charge is -2.18. The van der Waals surface area contributed by atoms with Crippen molar-refractivity contribution < 1.29 is 0 Å². The van der Waals surface area contributed by atoms with Crippen LogP contribution in [0.25, 0.3) is 0 Å². The molecule has 2 aromatic rings. The van der Waals surface area contributed by atoms with Crippen LogP contribution in [0.15, 0.2) is 36.8 Å². The predicted molar refractivity (Wildman–Crippen MR) is 67.4 cm³/mol. The van der Waals surface area contributed by atoms with Gasteiger partial charge in [-0.25, -0.2) is 0 Å². The lowest BCUT2D eigenvalue weighted by Crippen LogP contribution is -2.22. The van der Waals surface area contributed by atoms with Gasteiger partial charge in [0.15, 0.2) is 0 Å². The average Bonchev–Trinajstić information content (AvgIpc) is 2.77. The first-order valence-corrected chi connectivity index (χ1v) is 5.82. The molecule has 1 N–H and O–H groups in total. The number of pyridine rings is 1. The normalized spacial score (nSPS) is 14.5. The molecule has 0 saturated heterocycles. The number of hydrogen-bond acceptors (Lipinski definition) is 3. The Morgan fingerprint density at radius 3 is 2.65 bits per heavy atom. The van der Waals surface area contributed by atoms with Gasteiger partial charge in [0.25, 0.3) is 0 Å². The molecule has 4 heteroatoms. The zero-order chi connectivity index (χ0) is 12.3. The van der Waals surface area contributed by atoms with E-state index in [9.17, 15) is 0 Å². The van der Waals surface area contributed by atoms with Crippen molar-refractivity contribution in [2.75, 3.05) is 0 Å². The maximum absolute atomic E-state index is 4.35. The van der Waals surface area contributed by atoms with E-state index in [0.29, 0.717) is 0 Å². The summed E-state index contributed by atoms with van der Waals surface area (Å²) in [6.45, 7) is 4.26. The molecule has 0 aliphatic rings. The molecule has 0 fully saturated rings. The Hall–Kier alpha value is -1.68. The van der Waals surface area contributed by atoms with Crippen molar-refractivity contribution in [2.24, 2.45) is 7.05 Å². The predicted octanol–water partition coefficient (Wildman–Crippen LogP) is 2.23. The number of nitrogens with one attached hydrogen (secondary N) is 1. The van der Waals surface area contributed by atoms with Crippen molar-refractivity contribution in [3.05, 3.63) is 48.0 Å². The molecule has 90 valence electrons. The third-order valence-electron chi connectivity index (χ3n) is 2.86. The van der Waals surface area contributed by atoms with Crippen LogP contribution in [0.4, 0.5) is 0 Å². The van der Waals surface area contributed by atoms with E-state index in [1.807, 2.05) is 48.5 Å². The minimum atomic E-state index is 0.228. The topological polar surface area (TPSA) is 42.7 Å². The molecule has 0 aromatic carbocycles. The number of aryl methyl sites for hydroxylation is 1. The quantitative estimate of drug-likeness (QED) is 0.875. The molecule has 0 bridgehead atoms. The fourth-order valence-electron chi connectivity index (χ4n) is 1.85. The van der Waals surface area contributed by atoms with Gasteiger partial charge in [-0.1, -0.05) is 6.07 Å². The van der Waals surface area contributed by atoms with Crippen LogP contribution in [0.3, 0.4) is 0 Å². The summed E-state index contributed by atoms with van der Waals surface area (Å²) < 4.78 is 1.82. The Kier molecular flexibility index (Phi) is 3.54. The Morgan fingerprint density at radius 2 is 2.06 bits per heavy atom. The number of aromatic nitrogens is 3. The molecular weight excluding hydrogens is 212 g/mol. The van der Waals surface area contributed by atoms with Crippen LogP contribution in [0, 0.1) is 0 Å². The summed E-state index contributed by atoms with van der Waals surface area (Å²) in [5.41, 5.74) is 2.25. The Labute approximate surface area is 102 Å². The number of rotatable bonds is 4. The van der Waals surface area contributed by atoms with Gasteiger partial charge in [-0.15, -0.1) is 0 Å². The molecule has 4 nitrogen and oxygen atoms in total. The fourth-order valence-corrected chi connectivity index (χ4v) is 1.85. The van der Waals surface area contributed by atoms with E-state index in [4.69, 9.17) is 0 Å². The lowest BCUT2D eigenvalue weighted by molar-refractivity contribution is 0.486. The van der Waals surface area contributed by atoms with E-state index in [1.165, 1.54) is 5.56 Å². The molecule has 0 saturated carbocycles. The van der Waals surface area contributed by atoms with Gasteiger partial charge >= 0.3 is 0 Å². The molecule has 0 radical (unpaired) electrons. The van der Waals surface area contributed by atoms with Gasteiger partial charge in [0.1, 0.15) is 0 Å². The second-order valence-corrected chi connectivity index (χ2v) is 4.31. The van der Waals surface area contributed by atoms with Gasteiger partial charge in [-0.2, -0.15) is 5.10 Å². The molecule has 2 atom stereocenters. The first-order chi connectivity index (χ1) is 8.16. The molecule has 2 unspecified atom stereocenters. The largest absolute Gasteiger partial charge is 0.302 e. The first kappa shape index (κ1) is 11.8. The fraction of sp³-hybridized carbons (Fsp3) is 0.385. The summed E-state index contributed by atoms with van der Waals surface area (Å²) in [6, 6.07) is 6.47. The van der Waals surface area contributed by atoms with Crippen molar-refractivity contribution in [3.63, 3.8) is 0 Å². The van der Waals surface area contributed by atoms with E-state index >= 15 is 0 Å². The third-order valence-corrected chi connectivity index (χ3v) is 2.86. The molecule has 0 aliphatic heterocycles. The summed E-state index contributed by atoms with van der Waals surface area (Å²) in [4.78, 5) is 4.35. The average molecular weight is 230 g/mol. The molecule has 0 aliphatic carbocycles. The van der Waals surface area contributed by atoms with E-state index in [2.05, 4.69) is 29.2 Å². The molecule has 2 rings (SSSR count). The Bertz CT molecular complexity index is 463. The van der Waals surface area contributed by atoms with Crippen molar-refractivity contribution in [3.8, 4) is 0 Å². The summed E-state index contributed by atoms with van der Waals surface area (Å²) in [5.74, 6) is 0. The van der Waals surface area contributed by atoms with Gasteiger partial charge in [-0.3, -0.25) is 9.67 Å². The molecule has 0 spiro atoms. The van der Waals surface area contributed by atoms with Crippen LogP contribution in [-0.2, 0) is 7.05 Å². The number of hydrogen-bond donors (Lipinski definition) is 1. The Balaban J connectivity index is 2.02. The summed E-state index contributed by atoms with van der Waals surface area (Å²) in [7, 11) is 1.93. The maximum Gasteiger partial charge on any atom is 0.0570 e. The van der Waals surface area contributed by atoms with Gasteiger partial charge in [0.2, 0.25) is 0 Å². The number of nitrogens with zero attached hydrogens (tertiary/aromatic N) is 3. The molecule has 2 heterocycles. The third kappa shape index (κ3) is 2.91. The monoisotopic (exact) mass is 230 g/mol. The van der Waals surface area contributed by atoms with Crippen LogP contribution < -0.4 is 5.32 Å². The highest BCUT2D eigenvalue weighted by molar-refractivity contribution is 5.12.